The van der Waals surface area contributed by atoms with Gasteiger partial charge in [0, 0.05) is 20.2 Å². The molecular weight excluding hydrogens is 321 g/mol. The zero-order valence-electron chi connectivity index (χ0n) is 14.3. The highest BCUT2D eigenvalue weighted by molar-refractivity contribution is 5.49. The Balaban J connectivity index is 1.77. The monoisotopic (exact) mass is 341 g/mol. The molecule has 1 aliphatic rings. The third kappa shape index (κ3) is 3.07. The molecule has 4 rings (SSSR count). The zero-order valence-corrected chi connectivity index (χ0v) is 14.3. The van der Waals surface area contributed by atoms with E-state index in [9.17, 15) is 4.39 Å². The third-order valence-corrected chi connectivity index (χ3v) is 4.64. The van der Waals surface area contributed by atoms with Gasteiger partial charge in [0.2, 0.25) is 0 Å². The molecule has 0 aliphatic heterocycles. The van der Waals surface area contributed by atoms with E-state index < -0.39 is 0 Å². The number of halogens is 1. The minimum absolute atomic E-state index is 0.158. The van der Waals surface area contributed by atoms with E-state index in [4.69, 9.17) is 4.74 Å². The summed E-state index contributed by atoms with van der Waals surface area (Å²) in [6.07, 6.45) is 3.84. The SMILES string of the molecule is COCc1cc(N(C)C(c2ccc(F)cc2)C2CC2)n2ncnc2n1. The number of fused-ring (bicyclic) bond motifs is 1. The lowest BCUT2D eigenvalue weighted by molar-refractivity contribution is 0.181. The van der Waals surface area contributed by atoms with Crippen LogP contribution in [0.3, 0.4) is 0 Å². The summed E-state index contributed by atoms with van der Waals surface area (Å²) in [6.45, 7) is 0.412. The molecule has 7 heteroatoms. The summed E-state index contributed by atoms with van der Waals surface area (Å²) in [7, 11) is 3.68. The highest BCUT2D eigenvalue weighted by Gasteiger charge is 2.36. The summed E-state index contributed by atoms with van der Waals surface area (Å²) >= 11 is 0. The normalized spacial score (nSPS) is 15.5. The van der Waals surface area contributed by atoms with Crippen LogP contribution in [0.15, 0.2) is 36.7 Å². The summed E-state index contributed by atoms with van der Waals surface area (Å²) < 4.78 is 20.3. The smallest absolute Gasteiger partial charge is 0.254 e. The molecule has 0 spiro atoms. The number of nitrogens with zero attached hydrogens (tertiary/aromatic N) is 5. The van der Waals surface area contributed by atoms with Crippen molar-refractivity contribution in [3.8, 4) is 0 Å². The fraction of sp³-hybridized carbons (Fsp3) is 0.389. The maximum absolute atomic E-state index is 13.3. The van der Waals surface area contributed by atoms with Crippen molar-refractivity contribution >= 4 is 11.6 Å². The molecule has 1 aromatic carbocycles. The first-order valence-electron chi connectivity index (χ1n) is 8.34. The minimum atomic E-state index is -0.217. The van der Waals surface area contributed by atoms with Crippen LogP contribution in [0.4, 0.5) is 10.2 Å². The van der Waals surface area contributed by atoms with Gasteiger partial charge in [0.05, 0.1) is 18.3 Å². The Hall–Kier alpha value is -2.54. The fourth-order valence-corrected chi connectivity index (χ4v) is 3.34. The molecule has 1 saturated carbocycles. The zero-order chi connectivity index (χ0) is 17.4. The molecule has 2 aromatic heterocycles. The molecule has 0 radical (unpaired) electrons. The minimum Gasteiger partial charge on any atom is -0.378 e. The molecule has 2 heterocycles. The van der Waals surface area contributed by atoms with Gasteiger partial charge in [-0.2, -0.15) is 14.6 Å². The van der Waals surface area contributed by atoms with E-state index in [1.807, 2.05) is 25.2 Å². The molecule has 1 aliphatic carbocycles. The Labute approximate surface area is 145 Å². The van der Waals surface area contributed by atoms with Crippen molar-refractivity contribution in [2.45, 2.75) is 25.5 Å². The van der Waals surface area contributed by atoms with Crippen LogP contribution in [0.1, 0.15) is 30.1 Å². The van der Waals surface area contributed by atoms with Crippen LogP contribution >= 0.6 is 0 Å². The van der Waals surface area contributed by atoms with Crippen molar-refractivity contribution in [1.29, 1.82) is 0 Å². The molecule has 1 atom stereocenters. The van der Waals surface area contributed by atoms with Gasteiger partial charge in [-0.25, -0.2) is 9.37 Å². The summed E-state index contributed by atoms with van der Waals surface area (Å²) in [4.78, 5) is 10.9. The second-order valence-electron chi connectivity index (χ2n) is 6.46. The van der Waals surface area contributed by atoms with Gasteiger partial charge in [0.15, 0.2) is 0 Å². The first-order chi connectivity index (χ1) is 12.2. The van der Waals surface area contributed by atoms with Crippen LogP contribution in [-0.4, -0.2) is 33.7 Å². The van der Waals surface area contributed by atoms with Crippen LogP contribution in [0.2, 0.25) is 0 Å². The summed E-state index contributed by atoms with van der Waals surface area (Å²) in [5.74, 6) is 1.78. The lowest BCUT2D eigenvalue weighted by Crippen LogP contribution is -2.28. The highest BCUT2D eigenvalue weighted by atomic mass is 19.1. The standard InChI is InChI=1S/C18H20FN5O/c1-23(17(12-3-4-12)13-5-7-14(19)8-6-13)16-9-15(10-25-2)22-18-20-11-21-24(16)18/h5-9,11-12,17H,3-4,10H2,1-2H3. The summed E-state index contributed by atoms with van der Waals surface area (Å²) in [5, 5.41) is 4.31. The van der Waals surface area contributed by atoms with E-state index in [0.29, 0.717) is 18.3 Å². The van der Waals surface area contributed by atoms with Crippen molar-refractivity contribution in [2.75, 3.05) is 19.1 Å². The van der Waals surface area contributed by atoms with Gasteiger partial charge in [-0.1, -0.05) is 12.1 Å². The Morgan fingerprint density at radius 2 is 2.08 bits per heavy atom. The molecule has 25 heavy (non-hydrogen) atoms. The second-order valence-corrected chi connectivity index (χ2v) is 6.46. The van der Waals surface area contributed by atoms with E-state index in [0.717, 1.165) is 17.1 Å². The lowest BCUT2D eigenvalue weighted by Gasteiger charge is -2.31. The van der Waals surface area contributed by atoms with E-state index in [1.54, 1.807) is 11.6 Å². The fourth-order valence-electron chi connectivity index (χ4n) is 3.34. The van der Waals surface area contributed by atoms with Gasteiger partial charge in [-0.3, -0.25) is 0 Å². The molecule has 1 fully saturated rings. The first-order valence-corrected chi connectivity index (χ1v) is 8.34. The van der Waals surface area contributed by atoms with Crippen LogP contribution in [0.5, 0.6) is 0 Å². The van der Waals surface area contributed by atoms with Gasteiger partial charge in [-0.05, 0) is 36.5 Å². The summed E-state index contributed by atoms with van der Waals surface area (Å²) in [6, 6.07) is 8.91. The second kappa shape index (κ2) is 6.40. The van der Waals surface area contributed by atoms with Crippen LogP contribution < -0.4 is 4.90 Å². The topological polar surface area (TPSA) is 55.6 Å². The number of methoxy groups -OCH3 is 1. The molecule has 130 valence electrons. The predicted molar refractivity (Wildman–Crippen MR) is 91.8 cm³/mol. The van der Waals surface area contributed by atoms with E-state index in [-0.39, 0.29) is 11.9 Å². The maximum Gasteiger partial charge on any atom is 0.254 e. The van der Waals surface area contributed by atoms with Gasteiger partial charge < -0.3 is 9.64 Å². The van der Waals surface area contributed by atoms with Gasteiger partial charge in [0.25, 0.3) is 5.78 Å². The number of ether oxygens (including phenoxy) is 1. The van der Waals surface area contributed by atoms with Crippen LogP contribution in [-0.2, 0) is 11.3 Å². The first kappa shape index (κ1) is 16.0. The molecule has 0 N–H and O–H groups in total. The number of rotatable bonds is 6. The molecule has 3 aromatic rings. The van der Waals surface area contributed by atoms with E-state index in [1.165, 1.54) is 31.3 Å². The number of aromatic nitrogens is 4. The van der Waals surface area contributed by atoms with Crippen molar-refractivity contribution in [2.24, 2.45) is 5.92 Å². The number of benzene rings is 1. The Morgan fingerprint density at radius 3 is 2.76 bits per heavy atom. The van der Waals surface area contributed by atoms with E-state index in [2.05, 4.69) is 20.0 Å². The lowest BCUT2D eigenvalue weighted by atomic mass is 10.0. The Kier molecular flexibility index (Phi) is 4.09. The van der Waals surface area contributed by atoms with Crippen molar-refractivity contribution < 1.29 is 9.13 Å². The van der Waals surface area contributed by atoms with Crippen molar-refractivity contribution in [1.82, 2.24) is 19.6 Å². The molecular formula is C18H20FN5O. The van der Waals surface area contributed by atoms with Gasteiger partial charge in [-0.15, -0.1) is 0 Å². The number of anilines is 1. The molecule has 0 bridgehead atoms. The molecule has 0 saturated heterocycles. The molecule has 6 nitrogen and oxygen atoms in total. The maximum atomic E-state index is 13.3. The average Bonchev–Trinajstić information content (AvgIpc) is 3.32. The number of hydrogen-bond acceptors (Lipinski definition) is 5. The average molecular weight is 341 g/mol. The Morgan fingerprint density at radius 1 is 1.32 bits per heavy atom. The largest absolute Gasteiger partial charge is 0.378 e. The van der Waals surface area contributed by atoms with Crippen molar-refractivity contribution in [3.05, 3.63) is 53.7 Å². The van der Waals surface area contributed by atoms with Crippen LogP contribution in [0, 0.1) is 11.7 Å². The Bertz CT molecular complexity index is 875. The van der Waals surface area contributed by atoms with Crippen molar-refractivity contribution in [3.63, 3.8) is 0 Å². The number of hydrogen-bond donors (Lipinski definition) is 0. The third-order valence-electron chi connectivity index (χ3n) is 4.64. The van der Waals surface area contributed by atoms with Gasteiger partial charge in [0.1, 0.15) is 18.0 Å². The summed E-state index contributed by atoms with van der Waals surface area (Å²) in [5.41, 5.74) is 1.91. The highest BCUT2D eigenvalue weighted by Crippen LogP contribution is 2.45. The quantitative estimate of drug-likeness (QED) is 0.690. The van der Waals surface area contributed by atoms with Crippen LogP contribution in [0.25, 0.3) is 5.78 Å². The molecule has 0 amide bonds. The molecule has 1 unspecified atom stereocenters. The van der Waals surface area contributed by atoms with Gasteiger partial charge >= 0.3 is 0 Å². The predicted octanol–water partition coefficient (Wildman–Crippen LogP) is 3.00. The van der Waals surface area contributed by atoms with E-state index >= 15 is 0 Å².